The number of aromatic hydroxyl groups is 2. The van der Waals surface area contributed by atoms with Gasteiger partial charge in [0.1, 0.15) is 11.5 Å². The lowest BCUT2D eigenvalue weighted by Crippen LogP contribution is -2.46. The van der Waals surface area contributed by atoms with Crippen LogP contribution in [0.25, 0.3) is 0 Å². The zero-order valence-corrected chi connectivity index (χ0v) is 9.56. The quantitative estimate of drug-likeness (QED) is 0.739. The first-order valence-electron chi connectivity index (χ1n) is 5.70. The van der Waals surface area contributed by atoms with Gasteiger partial charge in [-0.25, -0.2) is 0 Å². The Morgan fingerprint density at radius 1 is 1.12 bits per heavy atom. The van der Waals surface area contributed by atoms with Crippen molar-refractivity contribution in [2.24, 2.45) is 0 Å². The molecule has 4 nitrogen and oxygen atoms in total. The van der Waals surface area contributed by atoms with E-state index in [0.717, 1.165) is 38.4 Å². The monoisotopic (exact) mass is 222 g/mol. The van der Waals surface area contributed by atoms with Gasteiger partial charge in [0.2, 0.25) is 0 Å². The lowest BCUT2D eigenvalue weighted by molar-refractivity contribution is 0.270. The molecule has 0 aromatic heterocycles. The van der Waals surface area contributed by atoms with Gasteiger partial charge in [-0.15, -0.1) is 0 Å². The van der Waals surface area contributed by atoms with Crippen LogP contribution in [0, 0.1) is 0 Å². The molecule has 0 bridgehead atoms. The largest absolute Gasteiger partial charge is 0.508 e. The Kier molecular flexibility index (Phi) is 3.19. The van der Waals surface area contributed by atoms with Crippen LogP contribution in [-0.2, 0) is 0 Å². The fourth-order valence-electron chi connectivity index (χ4n) is 2.07. The normalized spacial score (nSPS) is 17.7. The Hall–Kier alpha value is -1.42. The fourth-order valence-corrected chi connectivity index (χ4v) is 2.07. The van der Waals surface area contributed by atoms with Gasteiger partial charge < -0.3 is 20.0 Å². The second kappa shape index (κ2) is 4.61. The number of piperazine rings is 1. The average Bonchev–Trinajstić information content (AvgIpc) is 2.32. The van der Waals surface area contributed by atoms with Crippen molar-refractivity contribution >= 4 is 5.69 Å². The third-order valence-electron chi connectivity index (χ3n) is 3.12. The minimum Gasteiger partial charge on any atom is -0.508 e. The maximum Gasteiger partial charge on any atom is 0.139 e. The van der Waals surface area contributed by atoms with E-state index in [1.807, 2.05) is 0 Å². The number of phenolic OH excluding ortho intramolecular Hbond substituents is 2. The second-order valence-electron chi connectivity index (χ2n) is 4.09. The molecule has 2 rings (SSSR count). The summed E-state index contributed by atoms with van der Waals surface area (Å²) in [4.78, 5) is 4.48. The van der Waals surface area contributed by atoms with Crippen LogP contribution < -0.4 is 4.90 Å². The smallest absolute Gasteiger partial charge is 0.139 e. The van der Waals surface area contributed by atoms with E-state index in [-0.39, 0.29) is 11.5 Å². The van der Waals surface area contributed by atoms with Gasteiger partial charge in [0.15, 0.2) is 0 Å². The summed E-state index contributed by atoms with van der Waals surface area (Å²) >= 11 is 0. The van der Waals surface area contributed by atoms with E-state index in [0.29, 0.717) is 0 Å². The molecular formula is C12H18N2O2. The fraction of sp³-hybridized carbons (Fsp3) is 0.500. The predicted octanol–water partition coefficient (Wildman–Crippen LogP) is 1.24. The Morgan fingerprint density at radius 3 is 2.44 bits per heavy atom. The molecule has 16 heavy (non-hydrogen) atoms. The van der Waals surface area contributed by atoms with Crippen LogP contribution >= 0.6 is 0 Å². The summed E-state index contributed by atoms with van der Waals surface area (Å²) in [7, 11) is 0. The lowest BCUT2D eigenvalue weighted by Gasteiger charge is -2.35. The van der Waals surface area contributed by atoms with E-state index in [1.54, 1.807) is 6.07 Å². The van der Waals surface area contributed by atoms with Gasteiger partial charge in [0.25, 0.3) is 0 Å². The van der Waals surface area contributed by atoms with E-state index in [1.165, 1.54) is 12.1 Å². The van der Waals surface area contributed by atoms with Gasteiger partial charge >= 0.3 is 0 Å². The molecule has 0 aliphatic carbocycles. The Labute approximate surface area is 95.7 Å². The number of likely N-dealkylation sites (N-methyl/N-ethyl adjacent to an activating group) is 1. The maximum atomic E-state index is 9.74. The molecular weight excluding hydrogens is 204 g/mol. The zero-order valence-electron chi connectivity index (χ0n) is 9.56. The minimum atomic E-state index is 0.200. The Morgan fingerprint density at radius 2 is 1.81 bits per heavy atom. The third kappa shape index (κ3) is 2.22. The first-order chi connectivity index (χ1) is 7.70. The molecule has 1 aromatic carbocycles. The van der Waals surface area contributed by atoms with Gasteiger partial charge in [-0.1, -0.05) is 6.92 Å². The van der Waals surface area contributed by atoms with Crippen molar-refractivity contribution < 1.29 is 10.2 Å². The van der Waals surface area contributed by atoms with E-state index in [4.69, 9.17) is 0 Å². The van der Waals surface area contributed by atoms with Crippen LogP contribution in [-0.4, -0.2) is 47.8 Å². The number of phenols is 2. The third-order valence-corrected chi connectivity index (χ3v) is 3.12. The summed E-state index contributed by atoms with van der Waals surface area (Å²) in [5.41, 5.74) is 0.732. The maximum absolute atomic E-state index is 9.74. The van der Waals surface area contributed by atoms with E-state index < -0.39 is 0 Å². The summed E-state index contributed by atoms with van der Waals surface area (Å²) < 4.78 is 0. The molecule has 0 atom stereocenters. The summed E-state index contributed by atoms with van der Waals surface area (Å²) in [6.45, 7) is 7.02. The molecule has 2 N–H and O–H groups in total. The van der Waals surface area contributed by atoms with Crippen LogP contribution in [0.2, 0.25) is 0 Å². The van der Waals surface area contributed by atoms with Crippen molar-refractivity contribution in [3.63, 3.8) is 0 Å². The van der Waals surface area contributed by atoms with Gasteiger partial charge in [0, 0.05) is 32.2 Å². The summed E-state index contributed by atoms with van der Waals surface area (Å²) in [6, 6.07) is 4.66. The molecule has 4 heteroatoms. The molecule has 0 saturated carbocycles. The summed E-state index contributed by atoms with van der Waals surface area (Å²) in [5, 5.41) is 19.2. The molecule has 1 aliphatic heterocycles. The highest BCUT2D eigenvalue weighted by atomic mass is 16.3. The second-order valence-corrected chi connectivity index (χ2v) is 4.09. The van der Waals surface area contributed by atoms with Crippen LogP contribution in [0.1, 0.15) is 6.92 Å². The molecule has 1 aliphatic rings. The van der Waals surface area contributed by atoms with Crippen LogP contribution in [0.5, 0.6) is 11.5 Å². The average molecular weight is 222 g/mol. The highest BCUT2D eigenvalue weighted by molar-refractivity contribution is 5.60. The molecule has 0 radical (unpaired) electrons. The molecule has 0 unspecified atom stereocenters. The lowest BCUT2D eigenvalue weighted by atomic mass is 10.2. The Balaban J connectivity index is 2.10. The van der Waals surface area contributed by atoms with Crippen molar-refractivity contribution in [2.75, 3.05) is 37.6 Å². The highest BCUT2D eigenvalue weighted by Crippen LogP contribution is 2.31. The summed E-state index contributed by atoms with van der Waals surface area (Å²) in [6.07, 6.45) is 0. The molecule has 1 heterocycles. The van der Waals surface area contributed by atoms with Gasteiger partial charge in [-0.3, -0.25) is 0 Å². The number of anilines is 1. The van der Waals surface area contributed by atoms with Gasteiger partial charge in [-0.2, -0.15) is 0 Å². The SMILES string of the molecule is CCN1CCN(c2cc(O)ccc2O)CC1. The minimum absolute atomic E-state index is 0.200. The van der Waals surface area contributed by atoms with E-state index in [2.05, 4.69) is 16.7 Å². The Bertz CT molecular complexity index is 360. The first kappa shape index (κ1) is 11.1. The standard InChI is InChI=1S/C12H18N2O2/c1-2-13-5-7-14(8-6-13)11-9-10(15)3-4-12(11)16/h3-4,9,15-16H,2,5-8H2,1H3. The van der Waals surface area contributed by atoms with Crippen molar-refractivity contribution in [1.29, 1.82) is 0 Å². The van der Waals surface area contributed by atoms with Crippen molar-refractivity contribution in [2.45, 2.75) is 6.92 Å². The van der Waals surface area contributed by atoms with Crippen molar-refractivity contribution in [3.05, 3.63) is 18.2 Å². The zero-order chi connectivity index (χ0) is 11.5. The van der Waals surface area contributed by atoms with Crippen molar-refractivity contribution in [1.82, 2.24) is 4.90 Å². The molecule has 1 fully saturated rings. The van der Waals surface area contributed by atoms with Gasteiger partial charge in [0.05, 0.1) is 5.69 Å². The number of hydrogen-bond acceptors (Lipinski definition) is 4. The summed E-state index contributed by atoms with van der Waals surface area (Å²) in [5.74, 6) is 0.438. The van der Waals surface area contributed by atoms with Crippen molar-refractivity contribution in [3.8, 4) is 11.5 Å². The highest BCUT2D eigenvalue weighted by Gasteiger charge is 2.18. The number of hydrogen-bond donors (Lipinski definition) is 2. The topological polar surface area (TPSA) is 46.9 Å². The number of nitrogens with zero attached hydrogens (tertiary/aromatic N) is 2. The van der Waals surface area contributed by atoms with E-state index in [9.17, 15) is 10.2 Å². The van der Waals surface area contributed by atoms with E-state index >= 15 is 0 Å². The van der Waals surface area contributed by atoms with Crippen LogP contribution in [0.4, 0.5) is 5.69 Å². The van der Waals surface area contributed by atoms with Gasteiger partial charge in [-0.05, 0) is 18.7 Å². The number of benzene rings is 1. The molecule has 0 spiro atoms. The first-order valence-corrected chi connectivity index (χ1v) is 5.70. The molecule has 1 saturated heterocycles. The van der Waals surface area contributed by atoms with Crippen LogP contribution in [0.3, 0.4) is 0 Å². The van der Waals surface area contributed by atoms with Crippen LogP contribution in [0.15, 0.2) is 18.2 Å². The number of rotatable bonds is 2. The predicted molar refractivity (Wildman–Crippen MR) is 64.1 cm³/mol. The molecule has 1 aromatic rings. The molecule has 88 valence electrons. The molecule has 0 amide bonds.